The maximum Gasteiger partial charge on any atom is 0.0998 e. The van der Waals surface area contributed by atoms with Crippen LogP contribution in [0, 0.1) is 11.3 Å². The Morgan fingerprint density at radius 1 is 0.692 bits per heavy atom. The molecule has 0 radical (unpaired) electrons. The number of nitrogens with zero attached hydrogens (tertiary/aromatic N) is 2. The first-order valence-electron chi connectivity index (χ1n) is 15.7. The summed E-state index contributed by atoms with van der Waals surface area (Å²) in [6.07, 6.45) is 22.7. The summed E-state index contributed by atoms with van der Waals surface area (Å²) in [4.78, 5) is 2.53. The van der Waals surface area contributed by atoms with E-state index in [9.17, 15) is 5.26 Å². The largest absolute Gasteiger partial charge is 0.371 e. The van der Waals surface area contributed by atoms with E-state index in [4.69, 9.17) is 0 Å². The van der Waals surface area contributed by atoms with Crippen LogP contribution in [-0.4, -0.2) is 13.1 Å². The second kappa shape index (κ2) is 16.1. The smallest absolute Gasteiger partial charge is 0.0998 e. The summed E-state index contributed by atoms with van der Waals surface area (Å²) in [6, 6.07) is 24.0. The van der Waals surface area contributed by atoms with Gasteiger partial charge in [0.15, 0.2) is 0 Å². The number of rotatable bonds is 15. The van der Waals surface area contributed by atoms with Gasteiger partial charge in [-0.3, -0.25) is 0 Å². The summed E-state index contributed by atoms with van der Waals surface area (Å²) in [5.41, 5.74) is 6.33. The third-order valence-corrected chi connectivity index (χ3v) is 8.46. The van der Waals surface area contributed by atoms with Gasteiger partial charge in [-0.2, -0.15) is 5.26 Å². The third kappa shape index (κ3) is 8.99. The van der Waals surface area contributed by atoms with Gasteiger partial charge in [0.25, 0.3) is 0 Å². The van der Waals surface area contributed by atoms with Crippen LogP contribution in [0.4, 0.5) is 5.69 Å². The van der Waals surface area contributed by atoms with Crippen LogP contribution in [0.5, 0.6) is 0 Å². The van der Waals surface area contributed by atoms with Gasteiger partial charge in [-0.25, -0.2) is 0 Å². The van der Waals surface area contributed by atoms with Crippen LogP contribution in [0.15, 0.2) is 66.2 Å². The van der Waals surface area contributed by atoms with Gasteiger partial charge in [0.1, 0.15) is 0 Å². The van der Waals surface area contributed by atoms with Gasteiger partial charge in [0.2, 0.25) is 0 Å². The van der Waals surface area contributed by atoms with Crippen molar-refractivity contribution in [2.45, 2.75) is 103 Å². The Morgan fingerprint density at radius 3 is 1.90 bits per heavy atom. The molecule has 206 valence electrons. The molecule has 1 fully saturated rings. The van der Waals surface area contributed by atoms with E-state index in [0.29, 0.717) is 0 Å². The molecule has 3 aromatic carbocycles. The summed E-state index contributed by atoms with van der Waals surface area (Å²) in [7, 11) is 0. The predicted molar refractivity (Wildman–Crippen MR) is 169 cm³/mol. The van der Waals surface area contributed by atoms with Crippen molar-refractivity contribution >= 4 is 22.5 Å². The van der Waals surface area contributed by atoms with Crippen LogP contribution in [0.25, 0.3) is 16.8 Å². The van der Waals surface area contributed by atoms with E-state index in [0.717, 1.165) is 36.9 Å². The van der Waals surface area contributed by atoms with Crippen molar-refractivity contribution in [3.63, 3.8) is 0 Å². The molecule has 0 saturated carbocycles. The molecule has 3 aromatic rings. The number of hydrogen-bond donors (Lipinski definition) is 0. The zero-order valence-corrected chi connectivity index (χ0v) is 24.3. The highest BCUT2D eigenvalue weighted by molar-refractivity contribution is 5.94. The second-order valence-electron chi connectivity index (χ2n) is 11.5. The SMILES string of the molecule is CCCCCCCCCCCCCCc1ccc(N2CCC(=Cc3ccc(C#N)c4ccccc34)CC2)cc1. The first-order valence-corrected chi connectivity index (χ1v) is 15.7. The lowest BCUT2D eigenvalue weighted by Gasteiger charge is -2.30. The number of fused-ring (bicyclic) bond motifs is 1. The van der Waals surface area contributed by atoms with E-state index >= 15 is 0 Å². The number of nitriles is 1. The molecule has 0 aromatic heterocycles. The Bertz CT molecular complexity index is 1200. The fourth-order valence-electron chi connectivity index (χ4n) is 6.01. The van der Waals surface area contributed by atoms with Crippen molar-refractivity contribution in [1.82, 2.24) is 0 Å². The molecule has 0 atom stereocenters. The molecule has 0 unspecified atom stereocenters. The van der Waals surface area contributed by atoms with E-state index in [2.05, 4.69) is 72.5 Å². The molecular weight excluding hydrogens is 472 g/mol. The number of benzene rings is 3. The topological polar surface area (TPSA) is 27.0 Å². The standard InChI is InChI=1S/C37H48N2/c1-2-3-4-5-6-7-8-9-10-11-12-13-16-31-19-23-35(24-20-31)39-27-25-32(26-28-39)29-33-21-22-34(30-38)37-18-15-14-17-36(33)37/h14-15,17-24,29H,2-13,16,25-28H2,1H3. The van der Waals surface area contributed by atoms with Crippen LogP contribution in [0.1, 0.15) is 114 Å². The van der Waals surface area contributed by atoms with Crippen molar-refractivity contribution in [3.05, 3.63) is 82.9 Å². The third-order valence-electron chi connectivity index (χ3n) is 8.46. The minimum atomic E-state index is 0.754. The normalized spacial score (nSPS) is 13.5. The molecule has 1 aliphatic rings. The molecule has 1 heterocycles. The highest BCUT2D eigenvalue weighted by Crippen LogP contribution is 2.29. The van der Waals surface area contributed by atoms with Gasteiger partial charge in [-0.15, -0.1) is 0 Å². The summed E-state index contributed by atoms with van der Waals surface area (Å²) in [6.45, 7) is 4.43. The summed E-state index contributed by atoms with van der Waals surface area (Å²) >= 11 is 0. The maximum absolute atomic E-state index is 9.45. The van der Waals surface area contributed by atoms with Gasteiger partial charge < -0.3 is 4.90 Å². The van der Waals surface area contributed by atoms with Crippen LogP contribution in [0.2, 0.25) is 0 Å². The minimum Gasteiger partial charge on any atom is -0.371 e. The lowest BCUT2D eigenvalue weighted by molar-refractivity contribution is 0.544. The highest BCUT2D eigenvalue weighted by Gasteiger charge is 2.15. The molecule has 0 spiro atoms. The summed E-state index contributed by atoms with van der Waals surface area (Å²) in [5.74, 6) is 0. The number of unbranched alkanes of at least 4 members (excludes halogenated alkanes) is 11. The van der Waals surface area contributed by atoms with Crippen molar-refractivity contribution in [3.8, 4) is 6.07 Å². The molecule has 4 rings (SSSR count). The molecule has 1 aliphatic heterocycles. The van der Waals surface area contributed by atoms with Crippen molar-refractivity contribution in [1.29, 1.82) is 5.26 Å². The molecule has 0 bridgehead atoms. The van der Waals surface area contributed by atoms with Crippen molar-refractivity contribution < 1.29 is 0 Å². The number of aryl methyl sites for hydroxylation is 1. The van der Waals surface area contributed by atoms with Crippen molar-refractivity contribution in [2.75, 3.05) is 18.0 Å². The van der Waals surface area contributed by atoms with E-state index in [1.54, 1.807) is 0 Å². The lowest BCUT2D eigenvalue weighted by atomic mass is 9.95. The zero-order chi connectivity index (χ0) is 27.1. The average Bonchev–Trinajstić information content (AvgIpc) is 2.99. The molecule has 0 amide bonds. The van der Waals surface area contributed by atoms with Crippen molar-refractivity contribution in [2.24, 2.45) is 0 Å². The van der Waals surface area contributed by atoms with Crippen LogP contribution in [0.3, 0.4) is 0 Å². The van der Waals surface area contributed by atoms with Crippen LogP contribution >= 0.6 is 0 Å². The van der Waals surface area contributed by atoms with Crippen LogP contribution < -0.4 is 4.90 Å². The summed E-state index contributed by atoms with van der Waals surface area (Å²) < 4.78 is 0. The molecule has 2 heteroatoms. The summed E-state index contributed by atoms with van der Waals surface area (Å²) in [5, 5.41) is 11.7. The first-order chi connectivity index (χ1) is 19.3. The fraction of sp³-hybridized carbons (Fsp3) is 0.486. The molecule has 2 nitrogen and oxygen atoms in total. The average molecular weight is 521 g/mol. The Balaban J connectivity index is 1.15. The number of piperidine rings is 1. The van der Waals surface area contributed by atoms with Crippen LogP contribution in [-0.2, 0) is 6.42 Å². The van der Waals surface area contributed by atoms with Gasteiger partial charge in [-0.1, -0.05) is 132 Å². The molecule has 39 heavy (non-hydrogen) atoms. The molecule has 0 aliphatic carbocycles. The second-order valence-corrected chi connectivity index (χ2v) is 11.5. The van der Waals surface area contributed by atoms with Gasteiger partial charge in [0, 0.05) is 24.2 Å². The zero-order valence-electron chi connectivity index (χ0n) is 24.3. The van der Waals surface area contributed by atoms with Gasteiger partial charge in [0.05, 0.1) is 11.6 Å². The van der Waals surface area contributed by atoms with E-state index in [-0.39, 0.29) is 0 Å². The number of anilines is 1. The van der Waals surface area contributed by atoms with Gasteiger partial charge >= 0.3 is 0 Å². The molecular formula is C37H48N2. The molecule has 1 saturated heterocycles. The van der Waals surface area contributed by atoms with E-state index in [1.807, 2.05) is 12.1 Å². The molecule has 0 N–H and O–H groups in total. The van der Waals surface area contributed by atoms with E-state index < -0.39 is 0 Å². The number of hydrogen-bond acceptors (Lipinski definition) is 2. The Morgan fingerprint density at radius 2 is 1.28 bits per heavy atom. The Labute approximate surface area is 237 Å². The van der Waals surface area contributed by atoms with Gasteiger partial charge in [-0.05, 0) is 60.4 Å². The Hall–Kier alpha value is -3.05. The fourth-order valence-corrected chi connectivity index (χ4v) is 6.01. The monoisotopic (exact) mass is 520 g/mol. The highest BCUT2D eigenvalue weighted by atomic mass is 15.1. The lowest BCUT2D eigenvalue weighted by Crippen LogP contribution is -2.30. The Kier molecular flexibility index (Phi) is 12.0. The first kappa shape index (κ1) is 28.9. The minimum absolute atomic E-state index is 0.754. The van der Waals surface area contributed by atoms with E-state index in [1.165, 1.54) is 111 Å². The predicted octanol–water partition coefficient (Wildman–Crippen LogP) is 10.6. The quantitative estimate of drug-likeness (QED) is 0.186. The maximum atomic E-state index is 9.45.